The van der Waals surface area contributed by atoms with Crippen molar-refractivity contribution in [1.29, 1.82) is 0 Å². The zero-order valence-electron chi connectivity index (χ0n) is 13.3. The third-order valence-electron chi connectivity index (χ3n) is 5.96. The summed E-state index contributed by atoms with van der Waals surface area (Å²) in [5, 5.41) is 3.36. The van der Waals surface area contributed by atoms with Crippen molar-refractivity contribution in [3.8, 4) is 5.75 Å². The number of benzene rings is 1. The summed E-state index contributed by atoms with van der Waals surface area (Å²) in [6.07, 6.45) is 6.74. The predicted octanol–water partition coefficient (Wildman–Crippen LogP) is 3.64. The quantitative estimate of drug-likeness (QED) is 0.922. The molecule has 4 fully saturated rings. The van der Waals surface area contributed by atoms with E-state index < -0.39 is 0 Å². The number of carbonyl (C=O) groups excluding carboxylic acids is 1. The zero-order valence-corrected chi connectivity index (χ0v) is 13.3. The maximum atomic E-state index is 12.7. The highest BCUT2D eigenvalue weighted by Crippen LogP contribution is 2.53. The molecule has 0 aliphatic heterocycles. The first-order valence-corrected chi connectivity index (χ1v) is 8.77. The zero-order chi connectivity index (χ0) is 15.1. The summed E-state index contributed by atoms with van der Waals surface area (Å²) >= 11 is 0. The van der Waals surface area contributed by atoms with Gasteiger partial charge in [0, 0.05) is 6.04 Å². The molecule has 0 radical (unpaired) electrons. The average Bonchev–Trinajstić information content (AvgIpc) is 2.51. The van der Waals surface area contributed by atoms with E-state index in [2.05, 4.69) is 5.32 Å². The highest BCUT2D eigenvalue weighted by molar-refractivity contribution is 5.97. The molecular formula is C19H25NO2. The Morgan fingerprint density at radius 3 is 2.36 bits per heavy atom. The maximum absolute atomic E-state index is 12.7. The van der Waals surface area contributed by atoms with Crippen molar-refractivity contribution in [3.05, 3.63) is 29.8 Å². The summed E-state index contributed by atoms with van der Waals surface area (Å²) in [6.45, 7) is 2.54. The van der Waals surface area contributed by atoms with Crippen LogP contribution in [0.4, 0.5) is 0 Å². The van der Waals surface area contributed by atoms with Crippen LogP contribution in [0.3, 0.4) is 0 Å². The molecular weight excluding hydrogens is 274 g/mol. The Kier molecular flexibility index (Phi) is 3.59. The number of amides is 1. The molecule has 1 amide bonds. The van der Waals surface area contributed by atoms with Crippen molar-refractivity contribution < 1.29 is 9.53 Å². The molecule has 4 aliphatic rings. The first kappa shape index (κ1) is 14.1. The lowest BCUT2D eigenvalue weighted by Gasteiger charge is -2.54. The largest absolute Gasteiger partial charge is 0.493 e. The van der Waals surface area contributed by atoms with Crippen molar-refractivity contribution >= 4 is 5.91 Å². The van der Waals surface area contributed by atoms with E-state index in [9.17, 15) is 4.79 Å². The van der Waals surface area contributed by atoms with Gasteiger partial charge in [0.1, 0.15) is 5.75 Å². The lowest BCUT2D eigenvalue weighted by molar-refractivity contribution is -0.0119. The summed E-state index contributed by atoms with van der Waals surface area (Å²) in [6, 6.07) is 7.97. The van der Waals surface area contributed by atoms with Crippen LogP contribution in [0.5, 0.6) is 5.75 Å². The molecule has 0 spiro atoms. The van der Waals surface area contributed by atoms with E-state index in [0.717, 1.165) is 11.8 Å². The SMILES string of the molecule is CCOc1ccccc1C(=O)NC1C2CC3CC(C2)CC1C3. The lowest BCUT2D eigenvalue weighted by Crippen LogP contribution is -2.55. The van der Waals surface area contributed by atoms with E-state index in [4.69, 9.17) is 4.74 Å². The van der Waals surface area contributed by atoms with Crippen molar-refractivity contribution in [2.24, 2.45) is 23.7 Å². The smallest absolute Gasteiger partial charge is 0.255 e. The van der Waals surface area contributed by atoms with Gasteiger partial charge in [0.25, 0.3) is 5.91 Å². The number of para-hydroxylation sites is 1. The molecule has 4 bridgehead atoms. The fourth-order valence-electron chi connectivity index (χ4n) is 5.33. The van der Waals surface area contributed by atoms with Gasteiger partial charge in [-0.2, -0.15) is 0 Å². The molecule has 0 aromatic heterocycles. The second-order valence-corrected chi connectivity index (χ2v) is 7.36. The summed E-state index contributed by atoms with van der Waals surface area (Å²) in [4.78, 5) is 12.7. The van der Waals surface area contributed by atoms with Crippen molar-refractivity contribution in [2.75, 3.05) is 6.61 Å². The standard InChI is InChI=1S/C19H25NO2/c1-2-22-17-6-4-3-5-16(17)19(21)20-18-14-8-12-7-13(10-14)11-15(18)9-12/h3-6,12-15,18H,2,7-11H2,1H3,(H,20,21). The second-order valence-electron chi connectivity index (χ2n) is 7.36. The van der Waals surface area contributed by atoms with Crippen molar-refractivity contribution in [1.82, 2.24) is 5.32 Å². The Bertz CT molecular complexity index is 540. The Balaban J connectivity index is 1.51. The maximum Gasteiger partial charge on any atom is 0.255 e. The van der Waals surface area contributed by atoms with Gasteiger partial charge in [-0.15, -0.1) is 0 Å². The van der Waals surface area contributed by atoms with E-state index in [0.29, 0.717) is 35.8 Å². The van der Waals surface area contributed by atoms with Crippen LogP contribution >= 0.6 is 0 Å². The monoisotopic (exact) mass is 299 g/mol. The first-order valence-electron chi connectivity index (χ1n) is 8.77. The second kappa shape index (κ2) is 5.60. The highest BCUT2D eigenvalue weighted by Gasteiger charge is 2.48. The summed E-state index contributed by atoms with van der Waals surface area (Å²) in [7, 11) is 0. The van der Waals surface area contributed by atoms with Crippen LogP contribution in [-0.4, -0.2) is 18.6 Å². The number of nitrogens with one attached hydrogen (secondary N) is 1. The fourth-order valence-corrected chi connectivity index (χ4v) is 5.33. The third kappa shape index (κ3) is 2.41. The van der Waals surface area contributed by atoms with Gasteiger partial charge in [0.2, 0.25) is 0 Å². The molecule has 1 N–H and O–H groups in total. The molecule has 4 aliphatic carbocycles. The van der Waals surface area contributed by atoms with Crippen molar-refractivity contribution in [3.63, 3.8) is 0 Å². The van der Waals surface area contributed by atoms with Gasteiger partial charge in [-0.25, -0.2) is 0 Å². The molecule has 1 aromatic rings. The van der Waals surface area contributed by atoms with Crippen LogP contribution in [0.15, 0.2) is 24.3 Å². The topological polar surface area (TPSA) is 38.3 Å². The molecule has 0 atom stereocenters. The molecule has 1 aromatic carbocycles. The minimum absolute atomic E-state index is 0.0431. The normalized spacial score (nSPS) is 35.4. The van der Waals surface area contributed by atoms with Crippen LogP contribution in [0, 0.1) is 23.7 Å². The van der Waals surface area contributed by atoms with Crippen LogP contribution in [0.2, 0.25) is 0 Å². The van der Waals surface area contributed by atoms with Crippen LogP contribution in [0.25, 0.3) is 0 Å². The summed E-state index contributed by atoms with van der Waals surface area (Å²) in [5.74, 6) is 4.03. The van der Waals surface area contributed by atoms with E-state index in [1.165, 1.54) is 32.1 Å². The van der Waals surface area contributed by atoms with Gasteiger partial charge in [-0.05, 0) is 74.8 Å². The Morgan fingerprint density at radius 1 is 1.09 bits per heavy atom. The summed E-state index contributed by atoms with van der Waals surface area (Å²) < 4.78 is 5.60. The van der Waals surface area contributed by atoms with Gasteiger partial charge in [0.05, 0.1) is 12.2 Å². The molecule has 4 saturated carbocycles. The number of carbonyl (C=O) groups is 1. The molecule has 3 heteroatoms. The minimum atomic E-state index is 0.0431. The molecule has 5 rings (SSSR count). The van der Waals surface area contributed by atoms with Crippen LogP contribution in [-0.2, 0) is 0 Å². The number of ether oxygens (including phenoxy) is 1. The van der Waals surface area contributed by atoms with E-state index >= 15 is 0 Å². The Morgan fingerprint density at radius 2 is 1.73 bits per heavy atom. The Labute approximate surface area is 132 Å². The van der Waals surface area contributed by atoms with Gasteiger partial charge >= 0.3 is 0 Å². The molecule has 0 unspecified atom stereocenters. The van der Waals surface area contributed by atoms with Crippen LogP contribution < -0.4 is 10.1 Å². The molecule has 22 heavy (non-hydrogen) atoms. The molecule has 0 saturated heterocycles. The summed E-state index contributed by atoms with van der Waals surface area (Å²) in [5.41, 5.74) is 0.679. The molecule has 0 heterocycles. The minimum Gasteiger partial charge on any atom is -0.493 e. The van der Waals surface area contributed by atoms with E-state index in [-0.39, 0.29) is 5.91 Å². The fraction of sp³-hybridized carbons (Fsp3) is 0.632. The average molecular weight is 299 g/mol. The van der Waals surface area contributed by atoms with Gasteiger partial charge < -0.3 is 10.1 Å². The van der Waals surface area contributed by atoms with Crippen molar-refractivity contribution in [2.45, 2.75) is 45.1 Å². The van der Waals surface area contributed by atoms with E-state index in [1.807, 2.05) is 31.2 Å². The first-order chi connectivity index (χ1) is 10.7. The number of hydrogen-bond acceptors (Lipinski definition) is 2. The van der Waals surface area contributed by atoms with Gasteiger partial charge in [-0.1, -0.05) is 12.1 Å². The molecule has 118 valence electrons. The van der Waals surface area contributed by atoms with Crippen LogP contribution in [0.1, 0.15) is 49.4 Å². The number of hydrogen-bond donors (Lipinski definition) is 1. The number of rotatable bonds is 4. The lowest BCUT2D eigenvalue weighted by atomic mass is 9.54. The predicted molar refractivity (Wildman–Crippen MR) is 85.9 cm³/mol. The molecule has 3 nitrogen and oxygen atoms in total. The van der Waals surface area contributed by atoms with Gasteiger partial charge in [0.15, 0.2) is 0 Å². The van der Waals surface area contributed by atoms with E-state index in [1.54, 1.807) is 0 Å². The third-order valence-corrected chi connectivity index (χ3v) is 5.96. The van der Waals surface area contributed by atoms with Gasteiger partial charge in [-0.3, -0.25) is 4.79 Å². The Hall–Kier alpha value is -1.51. The highest BCUT2D eigenvalue weighted by atomic mass is 16.5.